The first-order valence-corrected chi connectivity index (χ1v) is 6.57. The highest BCUT2D eigenvalue weighted by atomic mass is 19.1. The molecule has 20 heavy (non-hydrogen) atoms. The Labute approximate surface area is 118 Å². The summed E-state index contributed by atoms with van der Waals surface area (Å²) >= 11 is 0. The lowest BCUT2D eigenvalue weighted by Crippen LogP contribution is -2.45. The lowest BCUT2D eigenvalue weighted by molar-refractivity contribution is -0.144. The maximum Gasteiger partial charge on any atom is 0.328 e. The van der Waals surface area contributed by atoms with Crippen molar-refractivity contribution in [3.63, 3.8) is 0 Å². The van der Waals surface area contributed by atoms with E-state index in [0.29, 0.717) is 6.42 Å². The maximum atomic E-state index is 13.7. The Morgan fingerprint density at radius 3 is 2.50 bits per heavy atom. The summed E-state index contributed by atoms with van der Waals surface area (Å²) < 4.78 is 18.4. The fraction of sp³-hybridized carbons (Fsp3) is 0.467. The summed E-state index contributed by atoms with van der Waals surface area (Å²) in [5.74, 6) is -1.90. The van der Waals surface area contributed by atoms with Gasteiger partial charge in [0, 0.05) is 0 Å². The van der Waals surface area contributed by atoms with Gasteiger partial charge in [0.05, 0.1) is 12.7 Å². The van der Waals surface area contributed by atoms with E-state index in [0.717, 1.165) is 5.56 Å². The van der Waals surface area contributed by atoms with Crippen molar-refractivity contribution in [2.24, 2.45) is 5.92 Å². The summed E-state index contributed by atoms with van der Waals surface area (Å²) in [5.41, 5.74) is 0.801. The second kappa shape index (κ2) is 7.03. The summed E-state index contributed by atoms with van der Waals surface area (Å²) in [5, 5.41) is 2.52. The molecule has 0 aliphatic carbocycles. The van der Waals surface area contributed by atoms with E-state index in [1.807, 2.05) is 6.92 Å². The molecule has 0 aliphatic heterocycles. The number of aryl methyl sites for hydroxylation is 1. The highest BCUT2D eigenvalue weighted by molar-refractivity contribution is 5.97. The molecule has 1 rings (SSSR count). The van der Waals surface area contributed by atoms with E-state index in [4.69, 9.17) is 0 Å². The molecule has 0 aliphatic rings. The van der Waals surface area contributed by atoms with Crippen LogP contribution in [0.3, 0.4) is 0 Å². The minimum atomic E-state index is -0.794. The van der Waals surface area contributed by atoms with Gasteiger partial charge in [-0.05, 0) is 30.0 Å². The molecule has 0 aromatic heterocycles. The number of carbonyl (C=O) groups excluding carboxylic acids is 2. The summed E-state index contributed by atoms with van der Waals surface area (Å²) in [7, 11) is 1.25. The van der Waals surface area contributed by atoms with Gasteiger partial charge in [-0.2, -0.15) is 0 Å². The predicted molar refractivity (Wildman–Crippen MR) is 73.9 cm³/mol. The first-order valence-electron chi connectivity index (χ1n) is 6.57. The monoisotopic (exact) mass is 281 g/mol. The molecule has 4 nitrogen and oxygen atoms in total. The van der Waals surface area contributed by atoms with E-state index in [1.165, 1.54) is 19.2 Å². The SMILES string of the molecule is CCc1ccc(F)c(C(=O)N[C@@H](C(=O)OC)C(C)C)c1. The molecule has 0 spiro atoms. The second-order valence-electron chi connectivity index (χ2n) is 4.89. The Balaban J connectivity index is 2.97. The first-order chi connectivity index (χ1) is 9.40. The predicted octanol–water partition coefficient (Wildman–Crippen LogP) is 2.32. The molecule has 5 heteroatoms. The normalized spacial score (nSPS) is 12.1. The number of carbonyl (C=O) groups is 2. The van der Waals surface area contributed by atoms with Gasteiger partial charge in [-0.1, -0.05) is 26.8 Å². The first kappa shape index (κ1) is 16.1. The van der Waals surface area contributed by atoms with E-state index in [2.05, 4.69) is 10.1 Å². The van der Waals surface area contributed by atoms with Crippen LogP contribution in [0.1, 0.15) is 36.7 Å². The van der Waals surface area contributed by atoms with Crippen molar-refractivity contribution in [1.29, 1.82) is 0 Å². The average molecular weight is 281 g/mol. The number of benzene rings is 1. The van der Waals surface area contributed by atoms with Gasteiger partial charge in [0.1, 0.15) is 11.9 Å². The molecule has 0 bridgehead atoms. The Morgan fingerprint density at radius 2 is 2.00 bits per heavy atom. The largest absolute Gasteiger partial charge is 0.467 e. The molecule has 1 N–H and O–H groups in total. The van der Waals surface area contributed by atoms with Gasteiger partial charge in [0.15, 0.2) is 0 Å². The zero-order valence-corrected chi connectivity index (χ0v) is 12.2. The van der Waals surface area contributed by atoms with Crippen molar-refractivity contribution < 1.29 is 18.7 Å². The molecule has 0 saturated heterocycles. The Kier molecular flexibility index (Phi) is 5.67. The van der Waals surface area contributed by atoms with Gasteiger partial charge in [0.2, 0.25) is 0 Å². The van der Waals surface area contributed by atoms with Crippen LogP contribution in [0.15, 0.2) is 18.2 Å². The van der Waals surface area contributed by atoms with Crippen LogP contribution in [0, 0.1) is 11.7 Å². The minimum absolute atomic E-state index is 0.0566. The van der Waals surface area contributed by atoms with E-state index >= 15 is 0 Å². The van der Waals surface area contributed by atoms with E-state index < -0.39 is 23.7 Å². The Bertz CT molecular complexity index is 500. The van der Waals surface area contributed by atoms with Crippen molar-refractivity contribution in [2.75, 3.05) is 7.11 Å². The van der Waals surface area contributed by atoms with E-state index in [1.54, 1.807) is 19.9 Å². The molecule has 1 aromatic rings. The van der Waals surface area contributed by atoms with Crippen molar-refractivity contribution in [2.45, 2.75) is 33.2 Å². The van der Waals surface area contributed by atoms with Gasteiger partial charge in [0.25, 0.3) is 5.91 Å². The lowest BCUT2D eigenvalue weighted by atomic mass is 10.0. The molecule has 1 atom stereocenters. The quantitative estimate of drug-likeness (QED) is 0.843. The zero-order valence-electron chi connectivity index (χ0n) is 12.2. The van der Waals surface area contributed by atoms with Crippen molar-refractivity contribution >= 4 is 11.9 Å². The van der Waals surface area contributed by atoms with Crippen LogP contribution in [0.5, 0.6) is 0 Å². The summed E-state index contributed by atoms with van der Waals surface area (Å²) in [6.45, 7) is 5.47. The fourth-order valence-electron chi connectivity index (χ4n) is 1.81. The van der Waals surface area contributed by atoms with Crippen molar-refractivity contribution in [3.05, 3.63) is 35.1 Å². The third-order valence-electron chi connectivity index (χ3n) is 3.09. The van der Waals surface area contributed by atoms with Crippen LogP contribution < -0.4 is 5.32 Å². The number of nitrogens with one attached hydrogen (secondary N) is 1. The number of halogens is 1. The van der Waals surface area contributed by atoms with Crippen molar-refractivity contribution in [1.82, 2.24) is 5.32 Å². The highest BCUT2D eigenvalue weighted by Crippen LogP contribution is 2.13. The third kappa shape index (κ3) is 3.79. The van der Waals surface area contributed by atoms with Crippen LogP contribution in [0.2, 0.25) is 0 Å². The van der Waals surface area contributed by atoms with E-state index in [-0.39, 0.29) is 11.5 Å². The number of amides is 1. The van der Waals surface area contributed by atoms with Gasteiger partial charge in [-0.25, -0.2) is 9.18 Å². The number of methoxy groups -OCH3 is 1. The van der Waals surface area contributed by atoms with Crippen molar-refractivity contribution in [3.8, 4) is 0 Å². The van der Waals surface area contributed by atoms with E-state index in [9.17, 15) is 14.0 Å². The molecule has 110 valence electrons. The molecule has 0 unspecified atom stereocenters. The number of hydrogen-bond donors (Lipinski definition) is 1. The Hall–Kier alpha value is -1.91. The molecular formula is C15H20FNO3. The maximum absolute atomic E-state index is 13.7. The zero-order chi connectivity index (χ0) is 15.3. The van der Waals surface area contributed by atoms with Crippen LogP contribution >= 0.6 is 0 Å². The molecule has 0 fully saturated rings. The standard InChI is InChI=1S/C15H20FNO3/c1-5-10-6-7-12(16)11(8-10)14(18)17-13(9(2)3)15(19)20-4/h6-9,13H,5H2,1-4H3,(H,17,18)/t13-/m1/s1. The van der Waals surface area contributed by atoms with Gasteiger partial charge in [-0.3, -0.25) is 4.79 Å². The fourth-order valence-corrected chi connectivity index (χ4v) is 1.81. The number of esters is 1. The summed E-state index contributed by atoms with van der Waals surface area (Å²) in [6, 6.07) is 3.60. The van der Waals surface area contributed by atoms with Crippen LogP contribution in [0.4, 0.5) is 4.39 Å². The minimum Gasteiger partial charge on any atom is -0.467 e. The highest BCUT2D eigenvalue weighted by Gasteiger charge is 2.26. The van der Waals surface area contributed by atoms with Gasteiger partial charge < -0.3 is 10.1 Å². The van der Waals surface area contributed by atoms with Crippen LogP contribution in [-0.2, 0) is 16.0 Å². The molecule has 0 heterocycles. The molecule has 1 amide bonds. The molecule has 1 aromatic carbocycles. The number of rotatable bonds is 5. The van der Waals surface area contributed by atoms with Crippen LogP contribution in [0.25, 0.3) is 0 Å². The lowest BCUT2D eigenvalue weighted by Gasteiger charge is -2.20. The molecule has 0 saturated carbocycles. The average Bonchev–Trinajstić information content (AvgIpc) is 2.43. The van der Waals surface area contributed by atoms with Gasteiger partial charge in [-0.15, -0.1) is 0 Å². The van der Waals surface area contributed by atoms with Crippen LogP contribution in [-0.4, -0.2) is 25.0 Å². The Morgan fingerprint density at radius 1 is 1.35 bits per heavy atom. The smallest absolute Gasteiger partial charge is 0.328 e. The summed E-state index contributed by atoms with van der Waals surface area (Å²) in [6.07, 6.45) is 0.700. The topological polar surface area (TPSA) is 55.4 Å². The summed E-state index contributed by atoms with van der Waals surface area (Å²) in [4.78, 5) is 23.7. The second-order valence-corrected chi connectivity index (χ2v) is 4.89. The molecular weight excluding hydrogens is 261 g/mol. The van der Waals surface area contributed by atoms with Gasteiger partial charge >= 0.3 is 5.97 Å². The third-order valence-corrected chi connectivity index (χ3v) is 3.09. The molecule has 0 radical (unpaired) electrons. The number of hydrogen-bond acceptors (Lipinski definition) is 3. The number of ether oxygens (including phenoxy) is 1.